The Hall–Kier alpha value is -1.05. The van der Waals surface area contributed by atoms with Gasteiger partial charge in [0.2, 0.25) is 0 Å². The largest absolute Gasteiger partial charge is 0.491 e. The number of ether oxygens (including phenoxy) is 2. The van der Waals surface area contributed by atoms with Gasteiger partial charge in [-0.1, -0.05) is 22.9 Å². The number of nitriles is 1. The van der Waals surface area contributed by atoms with E-state index in [0.29, 0.717) is 17.9 Å². The third-order valence-corrected chi connectivity index (χ3v) is 3.03. The molecule has 16 heavy (non-hydrogen) atoms. The molecule has 0 aliphatic carbocycles. The Morgan fingerprint density at radius 3 is 2.88 bits per heavy atom. The Balaban J connectivity index is 2.08. The van der Waals surface area contributed by atoms with Gasteiger partial charge in [-0.2, -0.15) is 5.26 Å². The summed E-state index contributed by atoms with van der Waals surface area (Å²) in [5.41, 5.74) is 0.654. The quantitative estimate of drug-likeness (QED) is 0.856. The second kappa shape index (κ2) is 4.44. The molecule has 1 aliphatic rings. The number of hydrogen-bond acceptors (Lipinski definition) is 3. The molecule has 0 amide bonds. The zero-order chi connectivity index (χ0) is 11.6. The molecule has 0 unspecified atom stereocenters. The molecule has 1 aromatic rings. The van der Waals surface area contributed by atoms with E-state index < -0.39 is 0 Å². The molecule has 84 valence electrons. The van der Waals surface area contributed by atoms with E-state index >= 15 is 0 Å². The first kappa shape index (κ1) is 11.4. The molecule has 0 bridgehead atoms. The Morgan fingerprint density at radius 2 is 2.31 bits per heavy atom. The lowest BCUT2D eigenvalue weighted by Gasteiger charge is -2.37. The van der Waals surface area contributed by atoms with Gasteiger partial charge in [0, 0.05) is 9.89 Å². The zero-order valence-electron chi connectivity index (χ0n) is 9.00. The fourth-order valence-corrected chi connectivity index (χ4v) is 1.83. The van der Waals surface area contributed by atoms with E-state index in [1.165, 1.54) is 0 Å². The Labute approximate surface area is 103 Å². The van der Waals surface area contributed by atoms with Crippen LogP contribution in [0.25, 0.3) is 0 Å². The van der Waals surface area contributed by atoms with Crippen molar-refractivity contribution in [1.29, 1.82) is 5.26 Å². The summed E-state index contributed by atoms with van der Waals surface area (Å²) >= 11 is 3.36. The lowest BCUT2D eigenvalue weighted by Crippen LogP contribution is -2.44. The Kier molecular flexibility index (Phi) is 3.17. The maximum atomic E-state index is 8.94. The Bertz CT molecular complexity index is 435. The first-order valence-electron chi connectivity index (χ1n) is 5.03. The minimum absolute atomic E-state index is 0.0923. The van der Waals surface area contributed by atoms with Crippen LogP contribution >= 0.6 is 15.9 Å². The van der Waals surface area contributed by atoms with Crippen molar-refractivity contribution in [2.45, 2.75) is 6.92 Å². The summed E-state index contributed by atoms with van der Waals surface area (Å²) in [5, 5.41) is 8.94. The summed E-state index contributed by atoms with van der Waals surface area (Å²) < 4.78 is 11.7. The molecule has 3 nitrogen and oxygen atoms in total. The van der Waals surface area contributed by atoms with Gasteiger partial charge >= 0.3 is 0 Å². The molecule has 2 rings (SSSR count). The predicted molar refractivity (Wildman–Crippen MR) is 63.3 cm³/mol. The van der Waals surface area contributed by atoms with Crippen LogP contribution in [0.4, 0.5) is 0 Å². The number of halogens is 1. The standard InChI is InChI=1S/C12H12BrNO2/c1-12(6-15-7-12)8-16-11-4-10(13)3-2-9(11)5-14/h2-4H,6-8H2,1H3. The number of nitrogens with zero attached hydrogens (tertiary/aromatic N) is 1. The van der Waals surface area contributed by atoms with Gasteiger partial charge in [0.05, 0.1) is 25.4 Å². The molecule has 1 aliphatic heterocycles. The van der Waals surface area contributed by atoms with Gasteiger partial charge in [-0.3, -0.25) is 0 Å². The van der Waals surface area contributed by atoms with Crippen LogP contribution in [-0.2, 0) is 4.74 Å². The number of rotatable bonds is 3. The summed E-state index contributed by atoms with van der Waals surface area (Å²) in [5.74, 6) is 0.630. The Morgan fingerprint density at radius 1 is 1.56 bits per heavy atom. The van der Waals surface area contributed by atoms with Crippen LogP contribution in [0.3, 0.4) is 0 Å². The first-order chi connectivity index (χ1) is 7.63. The molecular weight excluding hydrogens is 270 g/mol. The second-order valence-electron chi connectivity index (χ2n) is 4.34. The van der Waals surface area contributed by atoms with Gasteiger partial charge in [0.1, 0.15) is 11.8 Å². The summed E-state index contributed by atoms with van der Waals surface area (Å²) in [6.45, 7) is 4.14. The van der Waals surface area contributed by atoms with Crippen molar-refractivity contribution in [3.63, 3.8) is 0 Å². The first-order valence-corrected chi connectivity index (χ1v) is 5.82. The van der Waals surface area contributed by atoms with Crippen molar-refractivity contribution >= 4 is 15.9 Å². The molecule has 0 spiro atoms. The SMILES string of the molecule is CC1(COc2cc(Br)ccc2C#N)COC1. The van der Waals surface area contributed by atoms with Crippen molar-refractivity contribution in [2.75, 3.05) is 19.8 Å². The van der Waals surface area contributed by atoms with Crippen LogP contribution in [0.1, 0.15) is 12.5 Å². The number of benzene rings is 1. The third-order valence-electron chi connectivity index (χ3n) is 2.54. The van der Waals surface area contributed by atoms with E-state index in [-0.39, 0.29) is 5.41 Å². The summed E-state index contributed by atoms with van der Waals surface area (Å²) in [6.07, 6.45) is 0. The van der Waals surface area contributed by atoms with Crippen molar-refractivity contribution in [3.05, 3.63) is 28.2 Å². The topological polar surface area (TPSA) is 42.2 Å². The van der Waals surface area contributed by atoms with Crippen LogP contribution in [-0.4, -0.2) is 19.8 Å². The van der Waals surface area contributed by atoms with Gasteiger partial charge in [0.15, 0.2) is 0 Å². The minimum Gasteiger partial charge on any atom is -0.491 e. The molecule has 0 radical (unpaired) electrons. The molecule has 0 saturated carbocycles. The van der Waals surface area contributed by atoms with Gasteiger partial charge < -0.3 is 9.47 Å². The van der Waals surface area contributed by atoms with E-state index in [4.69, 9.17) is 14.7 Å². The third kappa shape index (κ3) is 2.37. The molecule has 1 heterocycles. The van der Waals surface area contributed by atoms with Crippen LogP contribution in [0.5, 0.6) is 5.75 Å². The van der Waals surface area contributed by atoms with Crippen molar-refractivity contribution in [2.24, 2.45) is 5.41 Å². The lowest BCUT2D eigenvalue weighted by molar-refractivity contribution is -0.120. The maximum Gasteiger partial charge on any atom is 0.138 e. The number of hydrogen-bond donors (Lipinski definition) is 0. The van der Waals surface area contributed by atoms with E-state index in [1.54, 1.807) is 6.07 Å². The molecule has 0 N–H and O–H groups in total. The highest BCUT2D eigenvalue weighted by atomic mass is 79.9. The highest BCUT2D eigenvalue weighted by Crippen LogP contribution is 2.29. The van der Waals surface area contributed by atoms with E-state index in [1.807, 2.05) is 12.1 Å². The highest BCUT2D eigenvalue weighted by Gasteiger charge is 2.34. The van der Waals surface area contributed by atoms with Gasteiger partial charge in [-0.05, 0) is 18.2 Å². The minimum atomic E-state index is 0.0923. The summed E-state index contributed by atoms with van der Waals surface area (Å²) in [7, 11) is 0. The zero-order valence-corrected chi connectivity index (χ0v) is 10.6. The summed E-state index contributed by atoms with van der Waals surface area (Å²) in [4.78, 5) is 0. The van der Waals surface area contributed by atoms with Gasteiger partial charge in [-0.25, -0.2) is 0 Å². The van der Waals surface area contributed by atoms with Crippen molar-refractivity contribution in [1.82, 2.24) is 0 Å². The van der Waals surface area contributed by atoms with Gasteiger partial charge in [0.25, 0.3) is 0 Å². The average molecular weight is 282 g/mol. The molecule has 0 aromatic heterocycles. The van der Waals surface area contributed by atoms with Crippen molar-refractivity contribution < 1.29 is 9.47 Å². The molecule has 1 aromatic carbocycles. The average Bonchev–Trinajstić information content (AvgIpc) is 2.24. The molecule has 4 heteroatoms. The van der Waals surface area contributed by atoms with Crippen LogP contribution in [0, 0.1) is 16.7 Å². The molecular formula is C12H12BrNO2. The van der Waals surface area contributed by atoms with Crippen LogP contribution in [0.2, 0.25) is 0 Å². The van der Waals surface area contributed by atoms with E-state index in [2.05, 4.69) is 28.9 Å². The van der Waals surface area contributed by atoms with Crippen molar-refractivity contribution in [3.8, 4) is 11.8 Å². The van der Waals surface area contributed by atoms with E-state index in [9.17, 15) is 0 Å². The smallest absolute Gasteiger partial charge is 0.138 e. The maximum absolute atomic E-state index is 8.94. The fourth-order valence-electron chi connectivity index (χ4n) is 1.49. The predicted octanol–water partition coefficient (Wildman–Crippen LogP) is 2.74. The lowest BCUT2D eigenvalue weighted by atomic mass is 9.90. The van der Waals surface area contributed by atoms with Gasteiger partial charge in [-0.15, -0.1) is 0 Å². The highest BCUT2D eigenvalue weighted by molar-refractivity contribution is 9.10. The normalized spacial score (nSPS) is 17.3. The molecule has 0 atom stereocenters. The summed E-state index contributed by atoms with van der Waals surface area (Å²) in [6, 6.07) is 7.52. The van der Waals surface area contributed by atoms with E-state index in [0.717, 1.165) is 17.7 Å². The fraction of sp³-hybridized carbons (Fsp3) is 0.417. The molecule has 1 saturated heterocycles. The molecule has 1 fully saturated rings. The van der Waals surface area contributed by atoms with Crippen LogP contribution in [0.15, 0.2) is 22.7 Å². The van der Waals surface area contributed by atoms with Crippen LogP contribution < -0.4 is 4.74 Å². The second-order valence-corrected chi connectivity index (χ2v) is 5.26. The monoisotopic (exact) mass is 281 g/mol.